The predicted molar refractivity (Wildman–Crippen MR) is 81.4 cm³/mol. The number of piperidine rings is 1. The number of hydrogen-bond donors (Lipinski definition) is 1. The van der Waals surface area contributed by atoms with Crippen molar-refractivity contribution in [2.24, 2.45) is 5.73 Å². The molecule has 0 aliphatic carbocycles. The highest BCUT2D eigenvalue weighted by Gasteiger charge is 2.35. The molecule has 0 bridgehead atoms. The van der Waals surface area contributed by atoms with E-state index in [4.69, 9.17) is 15.0 Å². The van der Waals surface area contributed by atoms with Crippen molar-refractivity contribution in [1.82, 2.24) is 15.0 Å². The van der Waals surface area contributed by atoms with Crippen LogP contribution in [-0.2, 0) is 11.2 Å². The van der Waals surface area contributed by atoms with Gasteiger partial charge in [-0.2, -0.15) is 4.98 Å². The minimum absolute atomic E-state index is 0.0892. The van der Waals surface area contributed by atoms with Crippen LogP contribution in [0.15, 0.2) is 4.52 Å². The number of carbonyl (C=O) groups is 1. The number of carbonyl (C=O) groups excluding carboxylic acids is 1. The maximum Gasteiger partial charge on any atom is 0.410 e. The van der Waals surface area contributed by atoms with Gasteiger partial charge in [-0.15, -0.1) is 0 Å². The zero-order valence-corrected chi connectivity index (χ0v) is 13.8. The second-order valence-corrected chi connectivity index (χ2v) is 6.78. The summed E-state index contributed by atoms with van der Waals surface area (Å²) in [7, 11) is 0. The van der Waals surface area contributed by atoms with Crippen molar-refractivity contribution < 1.29 is 14.1 Å². The molecule has 1 fully saturated rings. The molecule has 0 unspecified atom stereocenters. The summed E-state index contributed by atoms with van der Waals surface area (Å²) in [6.07, 6.45) is 2.11. The number of nitrogens with zero attached hydrogens (tertiary/aromatic N) is 3. The zero-order valence-electron chi connectivity index (χ0n) is 13.8. The Labute approximate surface area is 131 Å². The van der Waals surface area contributed by atoms with E-state index >= 15 is 0 Å². The van der Waals surface area contributed by atoms with Crippen LogP contribution in [0.25, 0.3) is 0 Å². The van der Waals surface area contributed by atoms with Crippen LogP contribution < -0.4 is 5.73 Å². The van der Waals surface area contributed by atoms with Gasteiger partial charge in [0.05, 0.1) is 5.92 Å². The average molecular weight is 310 g/mol. The molecule has 0 spiro atoms. The van der Waals surface area contributed by atoms with Crippen LogP contribution in [0, 0.1) is 0 Å². The molecular weight excluding hydrogens is 284 g/mol. The Balaban J connectivity index is 2.05. The van der Waals surface area contributed by atoms with E-state index < -0.39 is 5.60 Å². The number of aryl methyl sites for hydroxylation is 1. The van der Waals surface area contributed by atoms with Crippen molar-refractivity contribution in [3.63, 3.8) is 0 Å². The number of aromatic nitrogens is 2. The molecule has 7 nitrogen and oxygen atoms in total. The third kappa shape index (κ3) is 4.19. The summed E-state index contributed by atoms with van der Waals surface area (Å²) < 4.78 is 10.8. The van der Waals surface area contributed by atoms with E-state index in [2.05, 4.69) is 17.1 Å². The van der Waals surface area contributed by atoms with Crippen LogP contribution in [-0.4, -0.2) is 45.9 Å². The molecule has 22 heavy (non-hydrogen) atoms. The van der Waals surface area contributed by atoms with Crippen molar-refractivity contribution in [2.75, 3.05) is 13.1 Å². The largest absolute Gasteiger partial charge is 0.444 e. The van der Waals surface area contributed by atoms with Gasteiger partial charge in [-0.25, -0.2) is 4.79 Å². The Hall–Kier alpha value is -1.63. The third-order valence-corrected chi connectivity index (χ3v) is 3.59. The number of likely N-dealkylation sites (tertiary alicyclic amines) is 1. The number of amides is 1. The predicted octanol–water partition coefficient (Wildman–Crippen LogP) is 2.07. The van der Waals surface area contributed by atoms with Crippen LogP contribution >= 0.6 is 0 Å². The van der Waals surface area contributed by atoms with Gasteiger partial charge in [0.1, 0.15) is 5.60 Å². The molecule has 0 radical (unpaired) electrons. The van der Waals surface area contributed by atoms with E-state index in [1.165, 1.54) is 0 Å². The molecule has 1 aliphatic rings. The number of hydrogen-bond acceptors (Lipinski definition) is 6. The Morgan fingerprint density at radius 3 is 2.86 bits per heavy atom. The first kappa shape index (κ1) is 16.7. The smallest absolute Gasteiger partial charge is 0.410 e. The van der Waals surface area contributed by atoms with Crippen LogP contribution in [0.2, 0.25) is 0 Å². The standard InChI is InChI=1S/C15H26N4O3/c1-5-6-12-17-13(22-18-12)10-9-19(8-7-11(10)16)14(20)21-15(2,3)4/h10-11H,5-9,16H2,1-4H3/t10-,11-/m0/s1. The molecule has 1 aromatic rings. The summed E-state index contributed by atoms with van der Waals surface area (Å²) in [5, 5.41) is 3.97. The molecule has 1 aromatic heterocycles. The van der Waals surface area contributed by atoms with Gasteiger partial charge in [0.15, 0.2) is 5.82 Å². The maximum atomic E-state index is 12.2. The van der Waals surface area contributed by atoms with Crippen molar-refractivity contribution in [2.45, 2.75) is 64.5 Å². The minimum Gasteiger partial charge on any atom is -0.444 e. The van der Waals surface area contributed by atoms with Gasteiger partial charge in [0.25, 0.3) is 0 Å². The van der Waals surface area contributed by atoms with E-state index in [0.29, 0.717) is 31.2 Å². The van der Waals surface area contributed by atoms with Gasteiger partial charge in [0, 0.05) is 25.6 Å². The molecule has 2 rings (SSSR count). The highest BCUT2D eigenvalue weighted by Crippen LogP contribution is 2.26. The lowest BCUT2D eigenvalue weighted by Crippen LogP contribution is -2.49. The highest BCUT2D eigenvalue weighted by molar-refractivity contribution is 5.68. The normalized spacial score (nSPS) is 22.7. The fourth-order valence-electron chi connectivity index (χ4n) is 2.47. The molecule has 2 N–H and O–H groups in total. The van der Waals surface area contributed by atoms with Gasteiger partial charge >= 0.3 is 6.09 Å². The molecule has 2 heterocycles. The van der Waals surface area contributed by atoms with Crippen LogP contribution in [0.5, 0.6) is 0 Å². The maximum absolute atomic E-state index is 12.2. The summed E-state index contributed by atoms with van der Waals surface area (Å²) in [5.74, 6) is 1.07. The molecular formula is C15H26N4O3. The fraction of sp³-hybridized carbons (Fsp3) is 0.800. The van der Waals surface area contributed by atoms with E-state index in [-0.39, 0.29) is 18.1 Å². The molecule has 2 atom stereocenters. The Bertz CT molecular complexity index is 509. The first-order valence-corrected chi connectivity index (χ1v) is 7.86. The van der Waals surface area contributed by atoms with E-state index in [1.807, 2.05) is 20.8 Å². The highest BCUT2D eigenvalue weighted by atomic mass is 16.6. The molecule has 7 heteroatoms. The summed E-state index contributed by atoms with van der Waals surface area (Å²) in [6.45, 7) is 8.66. The van der Waals surface area contributed by atoms with Gasteiger partial charge < -0.3 is 19.9 Å². The lowest BCUT2D eigenvalue weighted by atomic mass is 9.93. The van der Waals surface area contributed by atoms with Crippen molar-refractivity contribution >= 4 is 6.09 Å². The van der Waals surface area contributed by atoms with Gasteiger partial charge in [-0.3, -0.25) is 0 Å². The lowest BCUT2D eigenvalue weighted by Gasteiger charge is -2.35. The third-order valence-electron chi connectivity index (χ3n) is 3.59. The van der Waals surface area contributed by atoms with E-state index in [0.717, 1.165) is 12.8 Å². The molecule has 1 aliphatic heterocycles. The minimum atomic E-state index is -0.509. The topological polar surface area (TPSA) is 94.5 Å². The summed E-state index contributed by atoms with van der Waals surface area (Å²) in [4.78, 5) is 18.3. The van der Waals surface area contributed by atoms with Crippen molar-refractivity contribution in [3.8, 4) is 0 Å². The number of ether oxygens (including phenoxy) is 1. The summed E-state index contributed by atoms with van der Waals surface area (Å²) in [6, 6.07) is -0.0892. The monoisotopic (exact) mass is 310 g/mol. The lowest BCUT2D eigenvalue weighted by molar-refractivity contribution is 0.0175. The Kier molecular flexibility index (Phi) is 5.05. The van der Waals surface area contributed by atoms with E-state index in [1.54, 1.807) is 4.90 Å². The fourth-order valence-corrected chi connectivity index (χ4v) is 2.47. The van der Waals surface area contributed by atoms with Crippen molar-refractivity contribution in [3.05, 3.63) is 11.7 Å². The molecule has 1 amide bonds. The number of nitrogens with two attached hydrogens (primary N) is 1. The second kappa shape index (κ2) is 6.64. The molecule has 1 saturated heterocycles. The SMILES string of the molecule is CCCc1noc([C@H]2CN(C(=O)OC(C)(C)C)CC[C@@H]2N)n1. The van der Waals surface area contributed by atoms with Crippen LogP contribution in [0.4, 0.5) is 4.79 Å². The molecule has 0 saturated carbocycles. The van der Waals surface area contributed by atoms with Gasteiger partial charge in [-0.05, 0) is 33.6 Å². The molecule has 0 aromatic carbocycles. The first-order valence-electron chi connectivity index (χ1n) is 7.86. The summed E-state index contributed by atoms with van der Waals surface area (Å²) in [5.41, 5.74) is 5.67. The van der Waals surface area contributed by atoms with Crippen LogP contribution in [0.3, 0.4) is 0 Å². The van der Waals surface area contributed by atoms with Crippen LogP contribution in [0.1, 0.15) is 58.2 Å². The zero-order chi connectivity index (χ0) is 16.3. The molecule has 124 valence electrons. The summed E-state index contributed by atoms with van der Waals surface area (Å²) >= 11 is 0. The first-order chi connectivity index (χ1) is 10.3. The van der Waals surface area contributed by atoms with E-state index in [9.17, 15) is 4.79 Å². The number of rotatable bonds is 3. The van der Waals surface area contributed by atoms with Gasteiger partial charge in [0.2, 0.25) is 5.89 Å². The quantitative estimate of drug-likeness (QED) is 0.918. The second-order valence-electron chi connectivity index (χ2n) is 6.78. The van der Waals surface area contributed by atoms with Gasteiger partial charge in [-0.1, -0.05) is 12.1 Å². The average Bonchev–Trinajstić information content (AvgIpc) is 2.86. The Morgan fingerprint density at radius 1 is 1.50 bits per heavy atom. The Morgan fingerprint density at radius 2 is 2.23 bits per heavy atom. The van der Waals surface area contributed by atoms with Crippen molar-refractivity contribution in [1.29, 1.82) is 0 Å².